The predicted octanol–water partition coefficient (Wildman–Crippen LogP) is 2.53. The van der Waals surface area contributed by atoms with Gasteiger partial charge in [-0.3, -0.25) is 0 Å². The maximum absolute atomic E-state index is 13.2. The van der Waals surface area contributed by atoms with E-state index in [1.165, 1.54) is 6.07 Å². The summed E-state index contributed by atoms with van der Waals surface area (Å²) in [4.78, 5) is 0. The van der Waals surface area contributed by atoms with Crippen molar-refractivity contribution in [3.05, 3.63) is 34.6 Å². The topological polar surface area (TPSA) is 21.3 Å². The summed E-state index contributed by atoms with van der Waals surface area (Å²) in [6.07, 6.45) is 0.823. The molecule has 1 heterocycles. The molecule has 1 fully saturated rings. The van der Waals surface area contributed by atoms with Gasteiger partial charge in [-0.05, 0) is 18.1 Å². The first kappa shape index (κ1) is 10.9. The third-order valence-electron chi connectivity index (χ3n) is 2.54. The van der Waals surface area contributed by atoms with E-state index < -0.39 is 0 Å². The van der Waals surface area contributed by atoms with Crippen molar-refractivity contribution >= 4 is 11.6 Å². The molecule has 1 N–H and O–H groups in total. The molecule has 1 saturated heterocycles. The maximum Gasteiger partial charge on any atom is 0.142 e. The van der Waals surface area contributed by atoms with Gasteiger partial charge in [-0.2, -0.15) is 0 Å². The van der Waals surface area contributed by atoms with Crippen LogP contribution in [0.5, 0.6) is 0 Å². The Kier molecular flexibility index (Phi) is 3.57. The summed E-state index contributed by atoms with van der Waals surface area (Å²) in [7, 11) is 0. The van der Waals surface area contributed by atoms with Crippen LogP contribution in [0.15, 0.2) is 18.2 Å². The van der Waals surface area contributed by atoms with Crippen LogP contribution in [0.3, 0.4) is 0 Å². The Morgan fingerprint density at radius 2 is 2.27 bits per heavy atom. The molecule has 82 valence electrons. The summed E-state index contributed by atoms with van der Waals surface area (Å²) in [5, 5.41) is 3.51. The molecule has 0 aliphatic carbocycles. The van der Waals surface area contributed by atoms with Crippen molar-refractivity contribution in [2.75, 3.05) is 19.8 Å². The summed E-state index contributed by atoms with van der Waals surface area (Å²) < 4.78 is 18.6. The Labute approximate surface area is 93.4 Å². The highest BCUT2D eigenvalue weighted by Gasteiger charge is 2.17. The third kappa shape index (κ3) is 2.48. The number of halogens is 2. The lowest BCUT2D eigenvalue weighted by atomic mass is 10.0. The van der Waals surface area contributed by atoms with E-state index in [-0.39, 0.29) is 16.9 Å². The Morgan fingerprint density at radius 1 is 1.40 bits per heavy atom. The molecule has 2 rings (SSSR count). The molecule has 1 aromatic rings. The van der Waals surface area contributed by atoms with Gasteiger partial charge in [-0.1, -0.05) is 23.7 Å². The minimum atomic E-state index is -0.360. The molecule has 0 aromatic heterocycles. The number of benzene rings is 1. The minimum Gasteiger partial charge on any atom is -0.380 e. The van der Waals surface area contributed by atoms with Crippen LogP contribution in [-0.4, -0.2) is 19.8 Å². The predicted molar refractivity (Wildman–Crippen MR) is 57.6 cm³/mol. The summed E-state index contributed by atoms with van der Waals surface area (Å²) >= 11 is 5.92. The number of rotatable bonds is 1. The van der Waals surface area contributed by atoms with Crippen molar-refractivity contribution < 1.29 is 9.13 Å². The Bertz CT molecular complexity index is 337. The van der Waals surface area contributed by atoms with Crippen molar-refractivity contribution in [1.29, 1.82) is 0 Å². The van der Waals surface area contributed by atoms with E-state index in [2.05, 4.69) is 5.32 Å². The highest BCUT2D eigenvalue weighted by Crippen LogP contribution is 2.28. The van der Waals surface area contributed by atoms with Gasteiger partial charge in [-0.15, -0.1) is 0 Å². The molecule has 15 heavy (non-hydrogen) atoms. The van der Waals surface area contributed by atoms with Crippen molar-refractivity contribution in [2.24, 2.45) is 0 Å². The van der Waals surface area contributed by atoms with E-state index >= 15 is 0 Å². The largest absolute Gasteiger partial charge is 0.380 e. The lowest BCUT2D eigenvalue weighted by Crippen LogP contribution is -2.22. The number of hydrogen-bond donors (Lipinski definition) is 1. The Hall–Kier alpha value is -0.640. The van der Waals surface area contributed by atoms with Crippen LogP contribution in [0.1, 0.15) is 18.0 Å². The minimum absolute atomic E-state index is 0.0932. The maximum atomic E-state index is 13.2. The highest BCUT2D eigenvalue weighted by atomic mass is 35.5. The molecule has 0 amide bonds. The molecule has 0 spiro atoms. The fourth-order valence-electron chi connectivity index (χ4n) is 1.77. The zero-order valence-corrected chi connectivity index (χ0v) is 9.06. The van der Waals surface area contributed by atoms with Gasteiger partial charge in [0.1, 0.15) is 5.82 Å². The zero-order valence-electron chi connectivity index (χ0n) is 8.30. The van der Waals surface area contributed by atoms with Gasteiger partial charge in [-0.25, -0.2) is 4.39 Å². The normalized spacial score (nSPS) is 22.4. The van der Waals surface area contributed by atoms with Crippen LogP contribution >= 0.6 is 11.6 Å². The Balaban J connectivity index is 2.23. The van der Waals surface area contributed by atoms with Crippen LogP contribution < -0.4 is 5.32 Å². The Morgan fingerprint density at radius 3 is 3.13 bits per heavy atom. The first-order valence-corrected chi connectivity index (χ1v) is 5.42. The summed E-state index contributed by atoms with van der Waals surface area (Å²) in [5.41, 5.74) is 0.821. The molecule has 1 aromatic carbocycles. The van der Waals surface area contributed by atoms with Gasteiger partial charge in [0.05, 0.1) is 11.6 Å². The first-order valence-electron chi connectivity index (χ1n) is 5.04. The third-order valence-corrected chi connectivity index (χ3v) is 2.94. The molecule has 1 aliphatic heterocycles. The molecule has 0 saturated carbocycles. The van der Waals surface area contributed by atoms with E-state index in [9.17, 15) is 4.39 Å². The molecule has 0 bridgehead atoms. The van der Waals surface area contributed by atoms with E-state index in [4.69, 9.17) is 16.3 Å². The summed E-state index contributed by atoms with van der Waals surface area (Å²) in [6.45, 7) is 2.16. The fraction of sp³-hybridized carbons (Fsp3) is 0.455. The molecular formula is C11H13ClFNO. The number of hydrogen-bond acceptors (Lipinski definition) is 2. The second-order valence-electron chi connectivity index (χ2n) is 3.55. The summed E-state index contributed by atoms with van der Waals surface area (Å²) in [5.74, 6) is -0.360. The van der Waals surface area contributed by atoms with Crippen LogP contribution in [0.2, 0.25) is 5.02 Å². The highest BCUT2D eigenvalue weighted by molar-refractivity contribution is 6.31. The smallest absolute Gasteiger partial charge is 0.142 e. The van der Waals surface area contributed by atoms with Crippen molar-refractivity contribution in [3.8, 4) is 0 Å². The first-order chi connectivity index (χ1) is 7.29. The van der Waals surface area contributed by atoms with Crippen LogP contribution in [0.4, 0.5) is 4.39 Å². The van der Waals surface area contributed by atoms with Crippen molar-refractivity contribution in [2.45, 2.75) is 12.5 Å². The zero-order chi connectivity index (χ0) is 10.7. The molecule has 2 nitrogen and oxygen atoms in total. The molecule has 1 atom stereocenters. The van der Waals surface area contributed by atoms with Crippen LogP contribution in [-0.2, 0) is 4.74 Å². The van der Waals surface area contributed by atoms with Gasteiger partial charge >= 0.3 is 0 Å². The van der Waals surface area contributed by atoms with Gasteiger partial charge in [0.25, 0.3) is 0 Å². The van der Waals surface area contributed by atoms with Gasteiger partial charge in [0, 0.05) is 19.2 Å². The monoisotopic (exact) mass is 229 g/mol. The van der Waals surface area contributed by atoms with Crippen molar-refractivity contribution in [3.63, 3.8) is 0 Å². The lowest BCUT2D eigenvalue weighted by Gasteiger charge is -2.16. The SMILES string of the molecule is Fc1cccc(C2CCOCCN2)c1Cl. The van der Waals surface area contributed by atoms with Crippen molar-refractivity contribution in [1.82, 2.24) is 5.32 Å². The second kappa shape index (κ2) is 4.92. The fourth-order valence-corrected chi connectivity index (χ4v) is 2.02. The van der Waals surface area contributed by atoms with Gasteiger partial charge in [0.15, 0.2) is 0 Å². The molecule has 4 heteroatoms. The number of ether oxygens (including phenoxy) is 1. The average Bonchev–Trinajstić information content (AvgIpc) is 2.50. The standard InChI is InChI=1S/C11H13ClFNO/c12-11-8(2-1-3-9(11)13)10-4-6-15-7-5-14-10/h1-3,10,14H,4-7H2. The molecule has 1 aliphatic rings. The van der Waals surface area contributed by atoms with Crippen LogP contribution in [0, 0.1) is 5.82 Å². The quantitative estimate of drug-likeness (QED) is 0.799. The van der Waals surface area contributed by atoms with Gasteiger partial charge < -0.3 is 10.1 Å². The van der Waals surface area contributed by atoms with Crippen LogP contribution in [0.25, 0.3) is 0 Å². The van der Waals surface area contributed by atoms with E-state index in [1.54, 1.807) is 6.07 Å². The average molecular weight is 230 g/mol. The molecule has 1 unspecified atom stereocenters. The number of nitrogens with one attached hydrogen (secondary N) is 1. The van der Waals surface area contributed by atoms with E-state index in [0.29, 0.717) is 13.2 Å². The van der Waals surface area contributed by atoms with E-state index in [0.717, 1.165) is 18.5 Å². The lowest BCUT2D eigenvalue weighted by molar-refractivity contribution is 0.150. The molecule has 0 radical (unpaired) electrons. The van der Waals surface area contributed by atoms with E-state index in [1.807, 2.05) is 6.07 Å². The van der Waals surface area contributed by atoms with Gasteiger partial charge in [0.2, 0.25) is 0 Å². The summed E-state index contributed by atoms with van der Waals surface area (Å²) in [6, 6.07) is 5.01. The molecular weight excluding hydrogens is 217 g/mol. The second-order valence-corrected chi connectivity index (χ2v) is 3.93.